The number of carbonyl (C=O) groups excluding carboxylic acids is 1. The molecule has 0 aliphatic heterocycles. The number of halogens is 1. The zero-order chi connectivity index (χ0) is 10.4. The molecule has 0 aromatic carbocycles. The van der Waals surface area contributed by atoms with Crippen molar-refractivity contribution in [3.8, 4) is 0 Å². The normalized spacial score (nSPS) is 14.4. The Morgan fingerprint density at radius 1 is 1.62 bits per heavy atom. The summed E-state index contributed by atoms with van der Waals surface area (Å²) in [6, 6.07) is 0. The predicted molar refractivity (Wildman–Crippen MR) is 48.6 cm³/mol. The van der Waals surface area contributed by atoms with Crippen LogP contribution >= 0.6 is 0 Å². The van der Waals surface area contributed by atoms with Crippen molar-refractivity contribution in [2.24, 2.45) is 11.7 Å². The van der Waals surface area contributed by atoms with Crippen LogP contribution in [0.3, 0.4) is 0 Å². The summed E-state index contributed by atoms with van der Waals surface area (Å²) in [5, 5.41) is 0. The lowest BCUT2D eigenvalue weighted by atomic mass is 10.1. The standard InChI is InChI=1S/C9H16FNO2/c1-4-13-8(12)5-7(11)9(10)6(2)3/h5-6,9H,4,11H2,1-3H3/b7-5-. The molecule has 0 spiro atoms. The maximum atomic E-state index is 13.1. The number of nitrogens with two attached hydrogens (primary N) is 1. The van der Waals surface area contributed by atoms with E-state index in [0.29, 0.717) is 0 Å². The zero-order valence-electron chi connectivity index (χ0n) is 8.21. The molecule has 0 aromatic rings. The number of ether oxygens (including phenoxy) is 1. The molecule has 0 rings (SSSR count). The second-order valence-corrected chi connectivity index (χ2v) is 3.04. The Morgan fingerprint density at radius 2 is 2.15 bits per heavy atom. The molecule has 0 amide bonds. The summed E-state index contributed by atoms with van der Waals surface area (Å²) < 4.78 is 17.7. The molecule has 3 nitrogen and oxygen atoms in total. The fourth-order valence-electron chi connectivity index (χ4n) is 0.785. The molecule has 0 fully saturated rings. The number of allylic oxidation sites excluding steroid dienone is 1. The molecule has 2 N–H and O–H groups in total. The van der Waals surface area contributed by atoms with E-state index in [2.05, 4.69) is 4.74 Å². The van der Waals surface area contributed by atoms with Gasteiger partial charge in [-0.05, 0) is 12.8 Å². The third-order valence-corrected chi connectivity index (χ3v) is 1.47. The van der Waals surface area contributed by atoms with Gasteiger partial charge in [0.05, 0.1) is 12.3 Å². The minimum atomic E-state index is -1.29. The van der Waals surface area contributed by atoms with Crippen LogP contribution in [0.4, 0.5) is 4.39 Å². The van der Waals surface area contributed by atoms with Crippen LogP contribution in [-0.2, 0) is 9.53 Å². The number of rotatable bonds is 4. The Labute approximate surface area is 77.7 Å². The van der Waals surface area contributed by atoms with Gasteiger partial charge in [-0.3, -0.25) is 0 Å². The van der Waals surface area contributed by atoms with Gasteiger partial charge in [-0.25, -0.2) is 9.18 Å². The lowest BCUT2D eigenvalue weighted by Gasteiger charge is -2.11. The summed E-state index contributed by atoms with van der Waals surface area (Å²) in [6.45, 7) is 5.32. The van der Waals surface area contributed by atoms with Crippen molar-refractivity contribution in [2.45, 2.75) is 26.9 Å². The van der Waals surface area contributed by atoms with Crippen LogP contribution < -0.4 is 5.73 Å². The van der Waals surface area contributed by atoms with Crippen LogP contribution in [0.25, 0.3) is 0 Å². The van der Waals surface area contributed by atoms with Gasteiger partial charge in [-0.1, -0.05) is 13.8 Å². The maximum Gasteiger partial charge on any atom is 0.332 e. The molecule has 13 heavy (non-hydrogen) atoms. The van der Waals surface area contributed by atoms with Gasteiger partial charge in [0.2, 0.25) is 0 Å². The highest BCUT2D eigenvalue weighted by Gasteiger charge is 2.15. The maximum absolute atomic E-state index is 13.1. The highest BCUT2D eigenvalue weighted by molar-refractivity contribution is 5.82. The monoisotopic (exact) mass is 189 g/mol. The first kappa shape index (κ1) is 11.9. The van der Waals surface area contributed by atoms with Gasteiger partial charge in [-0.2, -0.15) is 0 Å². The van der Waals surface area contributed by atoms with E-state index < -0.39 is 12.1 Å². The van der Waals surface area contributed by atoms with Crippen LogP contribution in [0.15, 0.2) is 11.8 Å². The highest BCUT2D eigenvalue weighted by atomic mass is 19.1. The first-order valence-corrected chi connectivity index (χ1v) is 4.26. The van der Waals surface area contributed by atoms with E-state index in [1.807, 2.05) is 0 Å². The smallest absolute Gasteiger partial charge is 0.332 e. The van der Waals surface area contributed by atoms with Crippen molar-refractivity contribution in [1.29, 1.82) is 0 Å². The molecule has 4 heteroatoms. The van der Waals surface area contributed by atoms with Gasteiger partial charge in [-0.15, -0.1) is 0 Å². The summed E-state index contributed by atoms with van der Waals surface area (Å²) in [4.78, 5) is 10.8. The third kappa shape index (κ3) is 4.50. The molecule has 0 bridgehead atoms. The van der Waals surface area contributed by atoms with E-state index in [4.69, 9.17) is 5.73 Å². The average molecular weight is 189 g/mol. The molecular weight excluding hydrogens is 173 g/mol. The minimum absolute atomic E-state index is 0.0755. The number of alkyl halides is 1. The molecule has 1 unspecified atom stereocenters. The van der Waals surface area contributed by atoms with E-state index in [9.17, 15) is 9.18 Å². The lowest BCUT2D eigenvalue weighted by Crippen LogP contribution is -2.20. The topological polar surface area (TPSA) is 52.3 Å². The number of carbonyl (C=O) groups is 1. The molecule has 0 heterocycles. The van der Waals surface area contributed by atoms with Crippen LogP contribution in [0.1, 0.15) is 20.8 Å². The summed E-state index contributed by atoms with van der Waals surface area (Å²) in [6.07, 6.45) is -0.293. The Kier molecular flexibility index (Phi) is 5.11. The Morgan fingerprint density at radius 3 is 2.54 bits per heavy atom. The van der Waals surface area contributed by atoms with Gasteiger partial charge >= 0.3 is 5.97 Å². The van der Waals surface area contributed by atoms with Crippen LogP contribution in [0.2, 0.25) is 0 Å². The van der Waals surface area contributed by atoms with Crippen LogP contribution in [-0.4, -0.2) is 18.7 Å². The predicted octanol–water partition coefficient (Wildman–Crippen LogP) is 1.39. The largest absolute Gasteiger partial charge is 0.463 e. The van der Waals surface area contributed by atoms with Crippen LogP contribution in [0, 0.1) is 5.92 Å². The highest BCUT2D eigenvalue weighted by Crippen LogP contribution is 2.11. The first-order valence-electron chi connectivity index (χ1n) is 4.26. The van der Waals surface area contributed by atoms with Crippen molar-refractivity contribution < 1.29 is 13.9 Å². The minimum Gasteiger partial charge on any atom is -0.463 e. The molecule has 76 valence electrons. The summed E-state index contributed by atoms with van der Waals surface area (Å²) in [5.74, 6) is -0.825. The molecule has 0 aliphatic rings. The van der Waals surface area contributed by atoms with Gasteiger partial charge in [0.1, 0.15) is 6.17 Å². The summed E-state index contributed by atoms with van der Waals surface area (Å²) in [7, 11) is 0. The van der Waals surface area contributed by atoms with Crippen molar-refractivity contribution in [3.63, 3.8) is 0 Å². The van der Waals surface area contributed by atoms with Gasteiger partial charge < -0.3 is 10.5 Å². The number of hydrogen-bond donors (Lipinski definition) is 1. The Hall–Kier alpha value is -1.06. The van der Waals surface area contributed by atoms with Gasteiger partial charge in [0.15, 0.2) is 0 Å². The van der Waals surface area contributed by atoms with Gasteiger partial charge in [0, 0.05) is 6.08 Å². The molecular formula is C9H16FNO2. The second-order valence-electron chi connectivity index (χ2n) is 3.04. The van der Waals surface area contributed by atoms with Crippen molar-refractivity contribution in [3.05, 3.63) is 11.8 Å². The van der Waals surface area contributed by atoms with E-state index in [-0.39, 0.29) is 18.2 Å². The molecule has 0 saturated heterocycles. The second kappa shape index (κ2) is 5.56. The zero-order valence-corrected chi connectivity index (χ0v) is 8.21. The molecule has 0 radical (unpaired) electrons. The van der Waals surface area contributed by atoms with Crippen molar-refractivity contribution in [2.75, 3.05) is 6.61 Å². The van der Waals surface area contributed by atoms with Crippen molar-refractivity contribution >= 4 is 5.97 Å². The molecule has 0 saturated carbocycles. The lowest BCUT2D eigenvalue weighted by molar-refractivity contribution is -0.137. The fraction of sp³-hybridized carbons (Fsp3) is 0.667. The summed E-state index contributed by atoms with van der Waals surface area (Å²) in [5.41, 5.74) is 5.26. The van der Waals surface area contributed by atoms with E-state index in [1.165, 1.54) is 0 Å². The SMILES string of the molecule is CCOC(=O)/C=C(\N)C(F)C(C)C. The molecule has 0 aliphatic carbocycles. The van der Waals surface area contributed by atoms with E-state index in [1.54, 1.807) is 20.8 Å². The summed E-state index contributed by atoms with van der Waals surface area (Å²) >= 11 is 0. The third-order valence-electron chi connectivity index (χ3n) is 1.47. The van der Waals surface area contributed by atoms with E-state index in [0.717, 1.165) is 6.08 Å². The Bertz CT molecular complexity index is 202. The molecule has 0 aromatic heterocycles. The van der Waals surface area contributed by atoms with Crippen molar-refractivity contribution in [1.82, 2.24) is 0 Å². The number of hydrogen-bond acceptors (Lipinski definition) is 3. The quantitative estimate of drug-likeness (QED) is 0.537. The Balaban J connectivity index is 4.22. The molecule has 1 atom stereocenters. The first-order chi connectivity index (χ1) is 5.99. The average Bonchev–Trinajstić information content (AvgIpc) is 2.03. The van der Waals surface area contributed by atoms with Gasteiger partial charge in [0.25, 0.3) is 0 Å². The van der Waals surface area contributed by atoms with E-state index >= 15 is 0 Å². The van der Waals surface area contributed by atoms with Crippen LogP contribution in [0.5, 0.6) is 0 Å². The fourth-order valence-corrected chi connectivity index (χ4v) is 0.785. The number of esters is 1.